The second-order valence-electron chi connectivity index (χ2n) is 4.53. The van der Waals surface area contributed by atoms with Crippen LogP contribution in [0.1, 0.15) is 25.7 Å². The van der Waals surface area contributed by atoms with Gasteiger partial charge >= 0.3 is 5.97 Å². The fourth-order valence-electron chi connectivity index (χ4n) is 2.19. The Kier molecular flexibility index (Phi) is 5.72. The first-order valence-corrected chi connectivity index (χ1v) is 6.92. The minimum atomic E-state index is -0.819. The van der Waals surface area contributed by atoms with Gasteiger partial charge < -0.3 is 20.6 Å². The van der Waals surface area contributed by atoms with Gasteiger partial charge in [-0.05, 0) is 32.7 Å². The molecule has 0 aliphatic heterocycles. The lowest BCUT2D eigenvalue weighted by molar-refractivity contribution is -0.146. The molecule has 0 bridgehead atoms. The van der Waals surface area contributed by atoms with Crippen LogP contribution in [-0.4, -0.2) is 57.6 Å². The summed E-state index contributed by atoms with van der Waals surface area (Å²) in [4.78, 5) is 11.3. The van der Waals surface area contributed by atoms with E-state index in [-0.39, 0.29) is 11.9 Å². The predicted octanol–water partition coefficient (Wildman–Crippen LogP) is 0.0582. The quantitative estimate of drug-likeness (QED) is 0.542. The van der Waals surface area contributed by atoms with E-state index < -0.39 is 17.6 Å². The first-order valence-electron chi connectivity index (χ1n) is 5.87. The maximum Gasteiger partial charge on any atom is 0.323 e. The van der Waals surface area contributed by atoms with Gasteiger partial charge in [-0.25, -0.2) is 0 Å². The highest BCUT2D eigenvalue weighted by Gasteiger charge is 2.41. The maximum absolute atomic E-state index is 11.3. The van der Waals surface area contributed by atoms with Crippen LogP contribution < -0.4 is 5.32 Å². The fraction of sp³-hybridized carbons (Fsp3) is 0.909. The summed E-state index contributed by atoms with van der Waals surface area (Å²) in [6.07, 6.45) is 2.36. The van der Waals surface area contributed by atoms with Gasteiger partial charge in [-0.2, -0.15) is 11.8 Å². The standard InChI is InChI=1S/C11H21NO4S/c1-12-11(10(15)16)4-2-3-9(5-11)17-7-8(14)6-13/h8-9,12-14H,2-7H2,1H3,(H,15,16). The molecule has 1 saturated carbocycles. The molecule has 0 aromatic rings. The summed E-state index contributed by atoms with van der Waals surface area (Å²) >= 11 is 1.55. The van der Waals surface area contributed by atoms with Gasteiger partial charge in [0.2, 0.25) is 0 Å². The highest BCUT2D eigenvalue weighted by atomic mass is 32.2. The molecule has 1 aliphatic carbocycles. The number of aliphatic hydroxyl groups is 2. The number of carbonyl (C=O) groups is 1. The van der Waals surface area contributed by atoms with E-state index in [9.17, 15) is 15.0 Å². The smallest absolute Gasteiger partial charge is 0.323 e. The van der Waals surface area contributed by atoms with Crippen LogP contribution in [0.5, 0.6) is 0 Å². The van der Waals surface area contributed by atoms with Crippen molar-refractivity contribution >= 4 is 17.7 Å². The van der Waals surface area contributed by atoms with E-state index >= 15 is 0 Å². The van der Waals surface area contributed by atoms with Crippen molar-refractivity contribution in [3.8, 4) is 0 Å². The number of nitrogens with one attached hydrogen (secondary N) is 1. The fourth-order valence-corrected chi connectivity index (χ4v) is 3.53. The SMILES string of the molecule is CNC1(C(=O)O)CCCC(SCC(O)CO)C1. The Morgan fingerprint density at radius 1 is 1.65 bits per heavy atom. The van der Waals surface area contributed by atoms with Crippen molar-refractivity contribution in [1.82, 2.24) is 5.32 Å². The summed E-state index contributed by atoms with van der Waals surface area (Å²) in [5, 5.41) is 30.4. The van der Waals surface area contributed by atoms with E-state index in [1.165, 1.54) is 0 Å². The van der Waals surface area contributed by atoms with E-state index in [0.717, 1.165) is 12.8 Å². The van der Waals surface area contributed by atoms with Crippen molar-refractivity contribution < 1.29 is 20.1 Å². The van der Waals surface area contributed by atoms with Crippen LogP contribution in [0.4, 0.5) is 0 Å². The summed E-state index contributed by atoms with van der Waals surface area (Å²) in [5.41, 5.74) is -0.819. The van der Waals surface area contributed by atoms with Crippen LogP contribution >= 0.6 is 11.8 Å². The van der Waals surface area contributed by atoms with Crippen molar-refractivity contribution in [2.24, 2.45) is 0 Å². The van der Waals surface area contributed by atoms with Gasteiger partial charge in [-0.15, -0.1) is 0 Å². The topological polar surface area (TPSA) is 89.8 Å². The largest absolute Gasteiger partial charge is 0.480 e. The number of carboxylic acids is 1. The predicted molar refractivity (Wildman–Crippen MR) is 67.2 cm³/mol. The Bertz CT molecular complexity index is 264. The zero-order valence-electron chi connectivity index (χ0n) is 10.1. The van der Waals surface area contributed by atoms with Crippen molar-refractivity contribution in [3.63, 3.8) is 0 Å². The first-order chi connectivity index (χ1) is 8.04. The number of carboxylic acid groups (broad SMARTS) is 1. The first kappa shape index (κ1) is 14.8. The number of hydrogen-bond acceptors (Lipinski definition) is 5. The molecule has 0 saturated heterocycles. The van der Waals surface area contributed by atoms with Gasteiger partial charge in [0.25, 0.3) is 0 Å². The monoisotopic (exact) mass is 263 g/mol. The molecule has 0 spiro atoms. The summed E-state index contributed by atoms with van der Waals surface area (Å²) in [7, 11) is 1.68. The molecule has 100 valence electrons. The van der Waals surface area contributed by atoms with Crippen LogP contribution in [0.25, 0.3) is 0 Å². The van der Waals surface area contributed by atoms with Crippen LogP contribution in [0, 0.1) is 0 Å². The van der Waals surface area contributed by atoms with Crippen LogP contribution in [0.3, 0.4) is 0 Å². The van der Waals surface area contributed by atoms with Gasteiger partial charge in [0, 0.05) is 11.0 Å². The molecule has 0 amide bonds. The van der Waals surface area contributed by atoms with E-state index in [1.807, 2.05) is 0 Å². The molecule has 0 aromatic carbocycles. The van der Waals surface area contributed by atoms with E-state index in [2.05, 4.69) is 5.32 Å². The van der Waals surface area contributed by atoms with Crippen molar-refractivity contribution in [2.45, 2.75) is 42.6 Å². The highest BCUT2D eigenvalue weighted by Crippen LogP contribution is 2.35. The Morgan fingerprint density at radius 2 is 2.35 bits per heavy atom. The third-order valence-electron chi connectivity index (χ3n) is 3.33. The van der Waals surface area contributed by atoms with Crippen molar-refractivity contribution in [1.29, 1.82) is 0 Å². The summed E-state index contributed by atoms with van der Waals surface area (Å²) in [6, 6.07) is 0. The second kappa shape index (κ2) is 6.58. The van der Waals surface area contributed by atoms with Crippen LogP contribution in [0.15, 0.2) is 0 Å². The molecule has 0 aromatic heterocycles. The normalized spacial score (nSPS) is 31.1. The second-order valence-corrected chi connectivity index (χ2v) is 5.86. The molecule has 4 N–H and O–H groups in total. The Labute approximate surface area is 106 Å². The Hall–Kier alpha value is -0.300. The van der Waals surface area contributed by atoms with Gasteiger partial charge in [0.15, 0.2) is 0 Å². The molecule has 3 unspecified atom stereocenters. The molecule has 1 rings (SSSR count). The average Bonchev–Trinajstić information content (AvgIpc) is 2.35. The molecular formula is C11H21NO4S. The van der Waals surface area contributed by atoms with E-state index in [0.29, 0.717) is 18.6 Å². The number of aliphatic carboxylic acids is 1. The maximum atomic E-state index is 11.3. The lowest BCUT2D eigenvalue weighted by atomic mass is 9.81. The number of rotatable bonds is 6. The molecule has 5 nitrogen and oxygen atoms in total. The molecule has 0 radical (unpaired) electrons. The number of hydrogen-bond donors (Lipinski definition) is 4. The number of likely N-dealkylation sites (N-methyl/N-ethyl adjacent to an activating group) is 1. The lowest BCUT2D eigenvalue weighted by Crippen LogP contribution is -2.54. The molecule has 1 aliphatic rings. The minimum Gasteiger partial charge on any atom is -0.480 e. The minimum absolute atomic E-state index is 0.230. The zero-order valence-corrected chi connectivity index (χ0v) is 10.9. The van der Waals surface area contributed by atoms with Crippen molar-refractivity contribution in [3.05, 3.63) is 0 Å². The molecule has 6 heteroatoms. The average molecular weight is 263 g/mol. The highest BCUT2D eigenvalue weighted by molar-refractivity contribution is 7.99. The lowest BCUT2D eigenvalue weighted by Gasteiger charge is -2.37. The number of thioether (sulfide) groups is 1. The third-order valence-corrected chi connectivity index (χ3v) is 4.78. The zero-order chi connectivity index (χ0) is 12.9. The van der Waals surface area contributed by atoms with E-state index in [4.69, 9.17) is 5.11 Å². The van der Waals surface area contributed by atoms with Crippen LogP contribution in [0.2, 0.25) is 0 Å². The van der Waals surface area contributed by atoms with Gasteiger partial charge in [-0.3, -0.25) is 4.79 Å². The Morgan fingerprint density at radius 3 is 2.88 bits per heavy atom. The third kappa shape index (κ3) is 3.84. The summed E-state index contributed by atoms with van der Waals surface area (Å²) in [5.74, 6) is -0.339. The van der Waals surface area contributed by atoms with Gasteiger partial charge in [-0.1, -0.05) is 0 Å². The molecule has 0 heterocycles. The van der Waals surface area contributed by atoms with E-state index in [1.54, 1.807) is 18.8 Å². The molecule has 17 heavy (non-hydrogen) atoms. The van der Waals surface area contributed by atoms with Crippen LogP contribution in [-0.2, 0) is 4.79 Å². The number of aliphatic hydroxyl groups excluding tert-OH is 2. The molecule has 1 fully saturated rings. The molecular weight excluding hydrogens is 242 g/mol. The summed E-state index contributed by atoms with van der Waals surface area (Å²) in [6.45, 7) is -0.240. The summed E-state index contributed by atoms with van der Waals surface area (Å²) < 4.78 is 0. The molecule has 3 atom stereocenters. The Balaban J connectivity index is 2.51. The van der Waals surface area contributed by atoms with Crippen molar-refractivity contribution in [2.75, 3.05) is 19.4 Å². The van der Waals surface area contributed by atoms with Gasteiger partial charge in [0.1, 0.15) is 5.54 Å². The van der Waals surface area contributed by atoms with Gasteiger partial charge in [0.05, 0.1) is 12.7 Å².